The monoisotopic (exact) mass is 391 g/mol. The molecule has 0 spiro atoms. The van der Waals surface area contributed by atoms with E-state index in [9.17, 15) is 4.79 Å². The van der Waals surface area contributed by atoms with E-state index in [4.69, 9.17) is 4.74 Å². The van der Waals surface area contributed by atoms with Crippen LogP contribution in [0.5, 0.6) is 5.75 Å². The molecule has 0 atom stereocenters. The molecule has 1 aliphatic rings. The van der Waals surface area contributed by atoms with Crippen LogP contribution in [-0.2, 0) is 13.1 Å². The molecule has 28 heavy (non-hydrogen) atoms. The van der Waals surface area contributed by atoms with Crippen LogP contribution in [0.2, 0.25) is 0 Å². The summed E-state index contributed by atoms with van der Waals surface area (Å²) in [4.78, 5) is 23.5. The number of fused-ring (bicyclic) bond motifs is 1. The lowest BCUT2D eigenvalue weighted by Crippen LogP contribution is -2.26. The van der Waals surface area contributed by atoms with E-state index >= 15 is 0 Å². The minimum Gasteiger partial charge on any atom is -0.493 e. The number of benzene rings is 2. The Morgan fingerprint density at radius 1 is 1.29 bits per heavy atom. The maximum absolute atomic E-state index is 13.0. The maximum atomic E-state index is 13.0. The van der Waals surface area contributed by atoms with E-state index in [2.05, 4.69) is 22.1 Å². The first-order valence-corrected chi connectivity index (χ1v) is 10.1. The van der Waals surface area contributed by atoms with Crippen LogP contribution in [0.1, 0.15) is 34.0 Å². The molecule has 0 bridgehead atoms. The number of thiazole rings is 1. The normalized spacial score (nSPS) is 12.1. The second-order valence-corrected chi connectivity index (χ2v) is 7.35. The molecule has 0 N–H and O–H groups in total. The molecule has 1 amide bonds. The quantitative estimate of drug-likeness (QED) is 0.625. The Morgan fingerprint density at radius 2 is 2.18 bits per heavy atom. The van der Waals surface area contributed by atoms with Crippen molar-refractivity contribution < 1.29 is 9.53 Å². The first kappa shape index (κ1) is 18.4. The van der Waals surface area contributed by atoms with Crippen molar-refractivity contribution in [2.75, 3.05) is 13.7 Å². The fraction of sp³-hybridized carbons (Fsp3) is 0.227. The summed E-state index contributed by atoms with van der Waals surface area (Å²) in [7, 11) is 1.83. The van der Waals surface area contributed by atoms with Gasteiger partial charge in [-0.2, -0.15) is 0 Å². The largest absolute Gasteiger partial charge is 0.493 e. The fourth-order valence-corrected chi connectivity index (χ4v) is 3.94. The molecule has 0 saturated carbocycles. The zero-order chi connectivity index (χ0) is 19.5. The molecule has 6 heteroatoms. The van der Waals surface area contributed by atoms with E-state index in [-0.39, 0.29) is 5.91 Å². The van der Waals surface area contributed by atoms with Gasteiger partial charge in [0.1, 0.15) is 5.75 Å². The van der Waals surface area contributed by atoms with Crippen LogP contribution in [0.3, 0.4) is 0 Å². The highest BCUT2D eigenvalue weighted by Gasteiger charge is 2.18. The Labute approximate surface area is 168 Å². The van der Waals surface area contributed by atoms with Crippen LogP contribution in [0, 0.1) is 0 Å². The summed E-state index contributed by atoms with van der Waals surface area (Å²) < 4.78 is 5.79. The topological polar surface area (TPSA) is 54.8 Å². The van der Waals surface area contributed by atoms with E-state index < -0.39 is 0 Å². The number of aromatic nitrogens is 1. The van der Waals surface area contributed by atoms with Crippen molar-refractivity contribution >= 4 is 23.5 Å². The molecule has 0 aliphatic carbocycles. The summed E-state index contributed by atoms with van der Waals surface area (Å²) in [5.74, 6) is 0.643. The van der Waals surface area contributed by atoms with Gasteiger partial charge in [-0.3, -0.25) is 9.79 Å². The predicted molar refractivity (Wildman–Crippen MR) is 112 cm³/mol. The molecule has 5 nitrogen and oxygen atoms in total. The van der Waals surface area contributed by atoms with Crippen LogP contribution in [0.4, 0.5) is 0 Å². The summed E-state index contributed by atoms with van der Waals surface area (Å²) in [5.41, 5.74) is 7.64. The van der Waals surface area contributed by atoms with E-state index in [1.54, 1.807) is 10.4 Å². The lowest BCUT2D eigenvalue weighted by Gasteiger charge is -2.20. The van der Waals surface area contributed by atoms with E-state index in [1.807, 2.05) is 49.8 Å². The first-order valence-electron chi connectivity index (χ1n) is 9.19. The Balaban J connectivity index is 1.57. The van der Waals surface area contributed by atoms with Gasteiger partial charge in [0.2, 0.25) is 0 Å². The Morgan fingerprint density at radius 3 is 2.96 bits per heavy atom. The number of hydrogen-bond acceptors (Lipinski definition) is 5. The molecule has 1 aliphatic heterocycles. The van der Waals surface area contributed by atoms with Crippen molar-refractivity contribution in [1.82, 2.24) is 9.88 Å². The van der Waals surface area contributed by atoms with Gasteiger partial charge in [-0.25, -0.2) is 4.98 Å². The molecular formula is C22H21N3O2S. The summed E-state index contributed by atoms with van der Waals surface area (Å²) in [5, 5.41) is 1.98. The zero-order valence-corrected chi connectivity index (χ0v) is 16.7. The summed E-state index contributed by atoms with van der Waals surface area (Å²) in [6.07, 6.45) is 1.90. The third kappa shape index (κ3) is 3.55. The lowest BCUT2D eigenvalue weighted by molar-refractivity contribution is 0.0784. The zero-order valence-electron chi connectivity index (χ0n) is 15.9. The number of nitrogens with zero attached hydrogens (tertiary/aromatic N) is 3. The van der Waals surface area contributed by atoms with Crippen molar-refractivity contribution in [1.29, 1.82) is 0 Å². The number of ether oxygens (including phenoxy) is 1. The van der Waals surface area contributed by atoms with Crippen LogP contribution in [-0.4, -0.2) is 35.7 Å². The molecule has 2 aromatic carbocycles. The van der Waals surface area contributed by atoms with Crippen LogP contribution >= 0.6 is 11.3 Å². The van der Waals surface area contributed by atoms with Gasteiger partial charge in [0.15, 0.2) is 0 Å². The number of carbonyl (C=O) groups excluding carboxylic acids is 1. The lowest BCUT2D eigenvalue weighted by atomic mass is 10.0. The summed E-state index contributed by atoms with van der Waals surface area (Å²) >= 11 is 1.54. The van der Waals surface area contributed by atoms with Crippen molar-refractivity contribution in [3.63, 3.8) is 0 Å². The maximum Gasteiger partial charge on any atom is 0.254 e. The highest BCUT2D eigenvalue weighted by molar-refractivity contribution is 7.07. The van der Waals surface area contributed by atoms with Crippen molar-refractivity contribution in [2.45, 2.75) is 20.0 Å². The van der Waals surface area contributed by atoms with Gasteiger partial charge in [0.05, 0.1) is 24.4 Å². The van der Waals surface area contributed by atoms with Gasteiger partial charge < -0.3 is 9.64 Å². The molecule has 0 fully saturated rings. The molecule has 2 heterocycles. The Hall–Kier alpha value is -2.99. The molecule has 4 rings (SSSR count). The molecule has 0 saturated heterocycles. The average molecular weight is 391 g/mol. The second kappa shape index (κ2) is 7.94. The van der Waals surface area contributed by atoms with Gasteiger partial charge in [0.25, 0.3) is 5.91 Å². The molecule has 142 valence electrons. The van der Waals surface area contributed by atoms with Crippen LogP contribution in [0.25, 0.3) is 11.3 Å². The predicted octanol–water partition coefficient (Wildman–Crippen LogP) is 4.41. The number of aliphatic imine (C=N–C) groups is 1. The molecule has 3 aromatic rings. The highest BCUT2D eigenvalue weighted by atomic mass is 32.1. The Bertz CT molecular complexity index is 1030. The van der Waals surface area contributed by atoms with Gasteiger partial charge >= 0.3 is 0 Å². The standard InChI is InChI=1S/C22H21N3O2S/c1-3-27-21-9-15(7-8-18(21)20-13-28-14-24-20)22(26)25(2)12-17-6-4-5-16-10-23-11-19(16)17/h4-10,13-14H,3,11-12H2,1-2H3. The first-order chi connectivity index (χ1) is 13.7. The molecule has 0 unspecified atom stereocenters. The third-order valence-corrected chi connectivity index (χ3v) is 5.37. The fourth-order valence-electron chi connectivity index (χ4n) is 3.39. The van der Waals surface area contributed by atoms with Crippen LogP contribution < -0.4 is 4.74 Å². The number of amides is 1. The molecule has 0 radical (unpaired) electrons. The van der Waals surface area contributed by atoms with E-state index in [1.165, 1.54) is 16.9 Å². The van der Waals surface area contributed by atoms with Crippen molar-refractivity contribution in [3.8, 4) is 17.0 Å². The van der Waals surface area contributed by atoms with Gasteiger partial charge in [-0.05, 0) is 41.8 Å². The van der Waals surface area contributed by atoms with Crippen LogP contribution in [0.15, 0.2) is 52.3 Å². The molecular weight excluding hydrogens is 370 g/mol. The minimum atomic E-state index is -0.0395. The van der Waals surface area contributed by atoms with Gasteiger partial charge in [-0.1, -0.05) is 18.2 Å². The van der Waals surface area contributed by atoms with E-state index in [0.717, 1.165) is 22.4 Å². The number of carbonyl (C=O) groups is 1. The third-order valence-electron chi connectivity index (χ3n) is 4.78. The summed E-state index contributed by atoms with van der Waals surface area (Å²) in [6.45, 7) is 3.69. The van der Waals surface area contributed by atoms with Gasteiger partial charge in [0, 0.05) is 36.3 Å². The van der Waals surface area contributed by atoms with Crippen molar-refractivity contribution in [2.24, 2.45) is 4.99 Å². The average Bonchev–Trinajstić information content (AvgIpc) is 3.40. The second-order valence-electron chi connectivity index (χ2n) is 6.63. The number of hydrogen-bond donors (Lipinski definition) is 0. The van der Waals surface area contributed by atoms with Crippen molar-refractivity contribution in [3.05, 3.63) is 69.5 Å². The minimum absolute atomic E-state index is 0.0395. The summed E-state index contributed by atoms with van der Waals surface area (Å²) in [6, 6.07) is 11.7. The smallest absolute Gasteiger partial charge is 0.254 e. The number of rotatable bonds is 6. The SMILES string of the molecule is CCOc1cc(C(=O)N(C)Cc2cccc3c2CN=C3)ccc1-c1cscn1. The van der Waals surface area contributed by atoms with Gasteiger partial charge in [-0.15, -0.1) is 11.3 Å². The molecule has 1 aromatic heterocycles. The van der Waals surface area contributed by atoms with E-state index in [0.29, 0.717) is 31.0 Å². The Kier molecular flexibility index (Phi) is 5.21. The highest BCUT2D eigenvalue weighted by Crippen LogP contribution is 2.31.